The molecule has 0 radical (unpaired) electrons. The normalized spacial score (nSPS) is 13.5. The Labute approximate surface area is 142 Å². The second-order valence-corrected chi connectivity index (χ2v) is 5.91. The highest BCUT2D eigenvalue weighted by Crippen LogP contribution is 2.37. The van der Waals surface area contributed by atoms with Crippen molar-refractivity contribution in [3.8, 4) is 0 Å². The Morgan fingerprint density at radius 2 is 1.92 bits per heavy atom. The maximum Gasteiger partial charge on any atom is 0.289 e. The zero-order chi connectivity index (χ0) is 17.3. The highest BCUT2D eigenvalue weighted by atomic mass is 35.5. The van der Waals surface area contributed by atoms with E-state index in [1.165, 1.54) is 12.1 Å². The molecule has 1 aliphatic rings. The Morgan fingerprint density at radius 1 is 1.21 bits per heavy atom. The van der Waals surface area contributed by atoms with E-state index in [1.807, 2.05) is 4.90 Å². The molecular formula is C15H13ClN4O4. The number of pyridine rings is 1. The average Bonchev–Trinajstić information content (AvgIpc) is 3.38. The minimum absolute atomic E-state index is 0.0289. The third-order valence-corrected chi connectivity index (χ3v) is 4.08. The number of nitrogens with zero attached hydrogens (tertiary/aromatic N) is 4. The first-order valence-electron chi connectivity index (χ1n) is 7.26. The molecule has 0 N–H and O–H groups in total. The number of hydrogen-bond donors (Lipinski definition) is 0. The summed E-state index contributed by atoms with van der Waals surface area (Å²) in [6, 6.07) is 7.91. The van der Waals surface area contributed by atoms with Crippen LogP contribution >= 0.6 is 11.6 Å². The Hall–Kier alpha value is -2.74. The zero-order valence-electron chi connectivity index (χ0n) is 12.5. The van der Waals surface area contributed by atoms with Crippen LogP contribution in [0.5, 0.6) is 0 Å². The SMILES string of the molecule is O=[N+]([O-])c1cnc(N(Cc2ccccc2[N+](=O)[O-])C2CC2)c(Cl)c1. The van der Waals surface area contributed by atoms with Crippen LogP contribution in [-0.4, -0.2) is 20.9 Å². The topological polar surface area (TPSA) is 102 Å². The third kappa shape index (κ3) is 3.28. The summed E-state index contributed by atoms with van der Waals surface area (Å²) >= 11 is 6.17. The van der Waals surface area contributed by atoms with Crippen LogP contribution in [0.1, 0.15) is 18.4 Å². The molecule has 0 amide bonds. The smallest absolute Gasteiger partial charge is 0.289 e. The van der Waals surface area contributed by atoms with Gasteiger partial charge in [-0.1, -0.05) is 29.8 Å². The van der Waals surface area contributed by atoms with Crippen LogP contribution in [0.25, 0.3) is 0 Å². The molecule has 2 aromatic rings. The molecule has 1 saturated carbocycles. The van der Waals surface area contributed by atoms with Gasteiger partial charge in [-0.25, -0.2) is 4.98 Å². The summed E-state index contributed by atoms with van der Waals surface area (Å²) in [5, 5.41) is 22.2. The fourth-order valence-electron chi connectivity index (χ4n) is 2.50. The largest absolute Gasteiger partial charge is 0.348 e. The van der Waals surface area contributed by atoms with E-state index in [0.29, 0.717) is 11.4 Å². The lowest BCUT2D eigenvalue weighted by atomic mass is 10.1. The number of hydrogen-bond acceptors (Lipinski definition) is 6. The molecule has 1 heterocycles. The molecule has 3 rings (SSSR count). The van der Waals surface area contributed by atoms with Gasteiger partial charge in [0.2, 0.25) is 0 Å². The molecule has 0 unspecified atom stereocenters. The molecule has 0 spiro atoms. The van der Waals surface area contributed by atoms with E-state index in [0.717, 1.165) is 19.0 Å². The van der Waals surface area contributed by atoms with Crippen LogP contribution in [0.15, 0.2) is 36.5 Å². The molecule has 9 heteroatoms. The molecule has 1 aromatic heterocycles. The van der Waals surface area contributed by atoms with Gasteiger partial charge in [0.1, 0.15) is 12.0 Å². The maximum atomic E-state index is 11.2. The van der Waals surface area contributed by atoms with Gasteiger partial charge in [0.25, 0.3) is 11.4 Å². The summed E-state index contributed by atoms with van der Waals surface area (Å²) in [4.78, 5) is 27.0. The summed E-state index contributed by atoms with van der Waals surface area (Å²) < 4.78 is 0. The van der Waals surface area contributed by atoms with Crippen LogP contribution in [0, 0.1) is 20.2 Å². The summed E-state index contributed by atoms with van der Waals surface area (Å²) in [5.41, 5.74) is 0.386. The van der Waals surface area contributed by atoms with Crippen LogP contribution in [0.4, 0.5) is 17.2 Å². The first-order valence-corrected chi connectivity index (χ1v) is 7.64. The van der Waals surface area contributed by atoms with E-state index < -0.39 is 9.85 Å². The van der Waals surface area contributed by atoms with E-state index in [4.69, 9.17) is 11.6 Å². The fourth-order valence-corrected chi connectivity index (χ4v) is 2.77. The van der Waals surface area contributed by atoms with Crippen molar-refractivity contribution in [2.75, 3.05) is 4.90 Å². The van der Waals surface area contributed by atoms with Crippen LogP contribution < -0.4 is 4.90 Å². The number of nitro benzene ring substituents is 1. The van der Waals surface area contributed by atoms with Crippen molar-refractivity contribution >= 4 is 28.8 Å². The molecule has 8 nitrogen and oxygen atoms in total. The first-order chi connectivity index (χ1) is 11.5. The molecule has 0 saturated heterocycles. The van der Waals surface area contributed by atoms with E-state index in [1.54, 1.807) is 18.2 Å². The highest BCUT2D eigenvalue weighted by Gasteiger charge is 2.33. The van der Waals surface area contributed by atoms with E-state index >= 15 is 0 Å². The molecule has 1 aliphatic carbocycles. The maximum absolute atomic E-state index is 11.2. The van der Waals surface area contributed by atoms with Gasteiger partial charge in [-0.3, -0.25) is 20.2 Å². The van der Waals surface area contributed by atoms with Crippen molar-refractivity contribution in [3.05, 3.63) is 67.3 Å². The summed E-state index contributed by atoms with van der Waals surface area (Å²) in [7, 11) is 0. The number of benzene rings is 1. The standard InChI is InChI=1S/C15H13ClN4O4/c16-13-7-12(19(21)22)8-17-15(13)18(11-5-6-11)9-10-3-1-2-4-14(10)20(23)24/h1-4,7-8,11H,5-6,9H2. The van der Waals surface area contributed by atoms with Gasteiger partial charge in [0.05, 0.1) is 21.4 Å². The van der Waals surface area contributed by atoms with Gasteiger partial charge in [-0.15, -0.1) is 0 Å². The van der Waals surface area contributed by atoms with Crippen molar-refractivity contribution in [2.45, 2.75) is 25.4 Å². The van der Waals surface area contributed by atoms with Crippen molar-refractivity contribution in [3.63, 3.8) is 0 Å². The number of aromatic nitrogens is 1. The van der Waals surface area contributed by atoms with E-state index in [9.17, 15) is 20.2 Å². The fraction of sp³-hybridized carbons (Fsp3) is 0.267. The highest BCUT2D eigenvalue weighted by molar-refractivity contribution is 6.33. The quantitative estimate of drug-likeness (QED) is 0.582. The predicted molar refractivity (Wildman–Crippen MR) is 88.2 cm³/mol. The number of nitro groups is 2. The predicted octanol–water partition coefficient (Wildman–Crippen LogP) is 3.72. The lowest BCUT2D eigenvalue weighted by Crippen LogP contribution is -2.26. The molecule has 0 atom stereocenters. The second kappa shape index (κ2) is 6.40. The monoisotopic (exact) mass is 348 g/mol. The van der Waals surface area contributed by atoms with Gasteiger partial charge in [-0.05, 0) is 12.8 Å². The lowest BCUT2D eigenvalue weighted by molar-refractivity contribution is -0.385. The van der Waals surface area contributed by atoms with E-state index in [2.05, 4.69) is 4.98 Å². The van der Waals surface area contributed by atoms with Crippen molar-refractivity contribution < 1.29 is 9.85 Å². The van der Waals surface area contributed by atoms with Crippen LogP contribution in [0.2, 0.25) is 5.02 Å². The van der Waals surface area contributed by atoms with Gasteiger partial charge < -0.3 is 4.90 Å². The Kier molecular flexibility index (Phi) is 4.30. The van der Waals surface area contributed by atoms with Crippen LogP contribution in [0.3, 0.4) is 0 Å². The minimum atomic E-state index is -0.563. The molecule has 124 valence electrons. The second-order valence-electron chi connectivity index (χ2n) is 5.50. The number of rotatable bonds is 6. The Bertz CT molecular complexity index is 810. The molecule has 1 aromatic carbocycles. The Balaban J connectivity index is 1.95. The number of para-hydroxylation sites is 1. The molecule has 24 heavy (non-hydrogen) atoms. The molecule has 0 bridgehead atoms. The summed E-state index contributed by atoms with van der Waals surface area (Å²) in [6.07, 6.45) is 3.00. The lowest BCUT2D eigenvalue weighted by Gasteiger charge is -2.24. The van der Waals surface area contributed by atoms with Crippen LogP contribution in [-0.2, 0) is 6.54 Å². The van der Waals surface area contributed by atoms with Crippen molar-refractivity contribution in [1.82, 2.24) is 4.98 Å². The van der Waals surface area contributed by atoms with Gasteiger partial charge in [0.15, 0.2) is 0 Å². The number of anilines is 1. The number of halogens is 1. The van der Waals surface area contributed by atoms with Gasteiger partial charge in [0, 0.05) is 23.7 Å². The average molecular weight is 349 g/mol. The zero-order valence-corrected chi connectivity index (χ0v) is 13.2. The third-order valence-electron chi connectivity index (χ3n) is 3.81. The van der Waals surface area contributed by atoms with Crippen molar-refractivity contribution in [1.29, 1.82) is 0 Å². The van der Waals surface area contributed by atoms with E-state index in [-0.39, 0.29) is 29.0 Å². The molecule has 0 aliphatic heterocycles. The van der Waals surface area contributed by atoms with Crippen molar-refractivity contribution in [2.24, 2.45) is 0 Å². The first kappa shape index (κ1) is 16.1. The summed E-state index contributed by atoms with van der Waals surface area (Å²) in [6.45, 7) is 0.270. The van der Waals surface area contributed by atoms with Gasteiger partial charge >= 0.3 is 0 Å². The molecular weight excluding hydrogens is 336 g/mol. The summed E-state index contributed by atoms with van der Waals surface area (Å²) in [5.74, 6) is 0.405. The Morgan fingerprint density at radius 3 is 2.50 bits per heavy atom. The minimum Gasteiger partial charge on any atom is -0.348 e. The molecule has 1 fully saturated rings. The van der Waals surface area contributed by atoms with Gasteiger partial charge in [-0.2, -0.15) is 0 Å².